The molecule has 18 heavy (non-hydrogen) atoms. The van der Waals surface area contributed by atoms with Gasteiger partial charge in [0.2, 0.25) is 5.91 Å². The topological polar surface area (TPSA) is 84.6 Å². The number of carbonyl (C=O) groups excluding carboxylic acids is 1. The summed E-state index contributed by atoms with van der Waals surface area (Å²) in [5.41, 5.74) is 5.07. The first-order valence-electron chi connectivity index (χ1n) is 6.94. The molecule has 0 bridgehead atoms. The van der Waals surface area contributed by atoms with Crippen LogP contribution in [-0.4, -0.2) is 42.4 Å². The van der Waals surface area contributed by atoms with Crippen molar-refractivity contribution < 1.29 is 14.6 Å². The molecule has 0 aromatic rings. The highest BCUT2D eigenvalue weighted by Gasteiger charge is 2.34. The minimum Gasteiger partial charge on any atom is -0.388 e. The quantitative estimate of drug-likeness (QED) is 0.628. The van der Waals surface area contributed by atoms with Crippen LogP contribution in [0.15, 0.2) is 0 Å². The van der Waals surface area contributed by atoms with E-state index in [1.807, 2.05) is 0 Å². The smallest absolute Gasteiger partial charge is 0.227 e. The van der Waals surface area contributed by atoms with E-state index < -0.39 is 5.60 Å². The summed E-state index contributed by atoms with van der Waals surface area (Å²) in [7, 11) is 0. The zero-order chi connectivity index (χ0) is 13.0. The number of nitrogens with one attached hydrogen (secondary N) is 1. The molecule has 1 aliphatic carbocycles. The summed E-state index contributed by atoms with van der Waals surface area (Å²) < 4.78 is 5.18. The largest absolute Gasteiger partial charge is 0.388 e. The van der Waals surface area contributed by atoms with E-state index in [0.29, 0.717) is 19.8 Å². The normalized spacial score (nSPS) is 31.9. The van der Waals surface area contributed by atoms with Gasteiger partial charge < -0.3 is 20.9 Å². The Kier molecular flexibility index (Phi) is 4.59. The number of ether oxygens (including phenoxy) is 1. The second kappa shape index (κ2) is 5.99. The third-order valence-electron chi connectivity index (χ3n) is 4.09. The zero-order valence-electron chi connectivity index (χ0n) is 10.9. The van der Waals surface area contributed by atoms with Crippen LogP contribution in [0, 0.1) is 5.92 Å². The van der Waals surface area contributed by atoms with Gasteiger partial charge in [-0.2, -0.15) is 0 Å². The van der Waals surface area contributed by atoms with Crippen LogP contribution in [0.25, 0.3) is 0 Å². The second-order valence-electron chi connectivity index (χ2n) is 5.66. The Morgan fingerprint density at radius 2 is 1.94 bits per heavy atom. The maximum atomic E-state index is 11.9. The Bertz CT molecular complexity index is 288. The van der Waals surface area contributed by atoms with E-state index in [1.165, 1.54) is 12.8 Å². The highest BCUT2D eigenvalue weighted by molar-refractivity contribution is 5.79. The molecule has 1 amide bonds. The van der Waals surface area contributed by atoms with Crippen LogP contribution in [0.3, 0.4) is 0 Å². The molecule has 1 aliphatic heterocycles. The van der Waals surface area contributed by atoms with E-state index in [1.54, 1.807) is 0 Å². The monoisotopic (exact) mass is 256 g/mol. The van der Waals surface area contributed by atoms with Crippen molar-refractivity contribution in [1.82, 2.24) is 5.32 Å². The molecule has 1 heterocycles. The zero-order valence-corrected chi connectivity index (χ0v) is 10.9. The fraction of sp³-hybridized carbons (Fsp3) is 0.923. The summed E-state index contributed by atoms with van der Waals surface area (Å²) in [5.74, 6) is -0.350. The predicted octanol–water partition coefficient (Wildman–Crippen LogP) is 0.162. The van der Waals surface area contributed by atoms with Gasteiger partial charge in [0.25, 0.3) is 0 Å². The summed E-state index contributed by atoms with van der Waals surface area (Å²) in [4.78, 5) is 11.9. The Balaban J connectivity index is 1.80. The molecular formula is C13H24N2O3. The van der Waals surface area contributed by atoms with E-state index in [-0.39, 0.29) is 17.9 Å². The van der Waals surface area contributed by atoms with Gasteiger partial charge in [-0.15, -0.1) is 0 Å². The van der Waals surface area contributed by atoms with Crippen molar-refractivity contribution in [3.63, 3.8) is 0 Å². The van der Waals surface area contributed by atoms with Gasteiger partial charge >= 0.3 is 0 Å². The minimum absolute atomic E-state index is 0.0855. The number of hydrogen-bond donors (Lipinski definition) is 3. The van der Waals surface area contributed by atoms with Gasteiger partial charge in [-0.25, -0.2) is 0 Å². The van der Waals surface area contributed by atoms with Crippen LogP contribution >= 0.6 is 0 Å². The molecule has 0 radical (unpaired) electrons. The van der Waals surface area contributed by atoms with E-state index in [2.05, 4.69) is 5.32 Å². The number of amides is 1. The molecule has 0 aromatic carbocycles. The first-order valence-corrected chi connectivity index (χ1v) is 6.94. The first kappa shape index (κ1) is 13.8. The molecule has 4 N–H and O–H groups in total. The van der Waals surface area contributed by atoms with E-state index >= 15 is 0 Å². The van der Waals surface area contributed by atoms with Crippen LogP contribution in [0.5, 0.6) is 0 Å². The summed E-state index contributed by atoms with van der Waals surface area (Å²) in [6.45, 7) is 1.18. The van der Waals surface area contributed by atoms with Gasteiger partial charge in [-0.3, -0.25) is 4.79 Å². The molecule has 1 saturated carbocycles. The van der Waals surface area contributed by atoms with E-state index in [9.17, 15) is 9.90 Å². The maximum absolute atomic E-state index is 11.9. The highest BCUT2D eigenvalue weighted by Crippen LogP contribution is 2.26. The third-order valence-corrected chi connectivity index (χ3v) is 4.09. The average Bonchev–Trinajstić information content (AvgIpc) is 2.65. The average molecular weight is 256 g/mol. The summed E-state index contributed by atoms with van der Waals surface area (Å²) in [6.07, 6.45) is 5.99. The molecule has 2 aliphatic rings. The molecule has 2 unspecified atom stereocenters. The fourth-order valence-corrected chi connectivity index (χ4v) is 2.79. The van der Waals surface area contributed by atoms with Crippen molar-refractivity contribution in [1.29, 1.82) is 0 Å². The number of hydrogen-bond acceptors (Lipinski definition) is 4. The molecule has 0 aromatic heterocycles. The lowest BCUT2D eigenvalue weighted by Gasteiger charge is -2.27. The minimum atomic E-state index is -0.726. The lowest BCUT2D eigenvalue weighted by molar-refractivity contribution is -0.126. The molecule has 2 fully saturated rings. The Morgan fingerprint density at radius 1 is 1.28 bits per heavy atom. The molecule has 5 heteroatoms. The van der Waals surface area contributed by atoms with E-state index in [0.717, 1.165) is 25.7 Å². The van der Waals surface area contributed by atoms with Gasteiger partial charge in [0.1, 0.15) is 0 Å². The molecule has 1 saturated heterocycles. The van der Waals surface area contributed by atoms with Gasteiger partial charge in [0.15, 0.2) is 0 Å². The molecular weight excluding hydrogens is 232 g/mol. The third kappa shape index (κ3) is 3.43. The molecule has 5 nitrogen and oxygen atoms in total. The fourth-order valence-electron chi connectivity index (χ4n) is 2.79. The van der Waals surface area contributed by atoms with Gasteiger partial charge in [0.05, 0.1) is 24.7 Å². The highest BCUT2D eigenvalue weighted by atomic mass is 16.5. The maximum Gasteiger partial charge on any atom is 0.227 e. The Labute approximate surface area is 108 Å². The summed E-state index contributed by atoms with van der Waals surface area (Å²) >= 11 is 0. The van der Waals surface area contributed by atoms with Crippen LogP contribution < -0.4 is 11.1 Å². The SMILES string of the molecule is NC1COCC1C(=O)NCC1(O)CCCCCC1. The summed E-state index contributed by atoms with van der Waals surface area (Å²) in [6, 6.07) is -0.214. The predicted molar refractivity (Wildman–Crippen MR) is 67.9 cm³/mol. The Hall–Kier alpha value is -0.650. The lowest BCUT2D eigenvalue weighted by atomic mass is 9.94. The molecule has 2 atom stereocenters. The van der Waals surface area contributed by atoms with E-state index in [4.69, 9.17) is 10.5 Å². The number of nitrogens with two attached hydrogens (primary N) is 1. The van der Waals surface area contributed by atoms with Crippen LogP contribution in [-0.2, 0) is 9.53 Å². The lowest BCUT2D eigenvalue weighted by Crippen LogP contribution is -2.47. The summed E-state index contributed by atoms with van der Waals surface area (Å²) in [5, 5.41) is 13.3. The van der Waals surface area contributed by atoms with Crippen LogP contribution in [0.2, 0.25) is 0 Å². The number of aliphatic hydroxyl groups is 1. The van der Waals surface area contributed by atoms with Crippen molar-refractivity contribution >= 4 is 5.91 Å². The van der Waals surface area contributed by atoms with Gasteiger partial charge in [-0.05, 0) is 12.8 Å². The van der Waals surface area contributed by atoms with Crippen molar-refractivity contribution in [2.24, 2.45) is 11.7 Å². The van der Waals surface area contributed by atoms with Crippen molar-refractivity contribution in [3.05, 3.63) is 0 Å². The second-order valence-corrected chi connectivity index (χ2v) is 5.66. The van der Waals surface area contributed by atoms with Crippen molar-refractivity contribution in [2.75, 3.05) is 19.8 Å². The van der Waals surface area contributed by atoms with Crippen LogP contribution in [0.4, 0.5) is 0 Å². The number of rotatable bonds is 3. The van der Waals surface area contributed by atoms with Gasteiger partial charge in [0, 0.05) is 12.6 Å². The number of carbonyl (C=O) groups is 1. The van der Waals surface area contributed by atoms with Crippen molar-refractivity contribution in [3.8, 4) is 0 Å². The first-order chi connectivity index (χ1) is 8.61. The van der Waals surface area contributed by atoms with Crippen molar-refractivity contribution in [2.45, 2.75) is 50.2 Å². The molecule has 104 valence electrons. The molecule has 0 spiro atoms. The molecule has 2 rings (SSSR count). The standard InChI is InChI=1S/C13H24N2O3/c14-11-8-18-7-10(11)12(16)15-9-13(17)5-3-1-2-4-6-13/h10-11,17H,1-9,14H2,(H,15,16). The Morgan fingerprint density at radius 3 is 2.50 bits per heavy atom. The van der Waals surface area contributed by atoms with Gasteiger partial charge in [-0.1, -0.05) is 25.7 Å². The van der Waals surface area contributed by atoms with Crippen LogP contribution in [0.1, 0.15) is 38.5 Å².